The summed E-state index contributed by atoms with van der Waals surface area (Å²) in [5.74, 6) is -0.143. The van der Waals surface area contributed by atoms with Crippen LogP contribution in [0.4, 0.5) is 0 Å². The minimum Gasteiger partial charge on any atom is -0.464 e. The number of hydrogen-bond acceptors (Lipinski definition) is 13. The lowest BCUT2D eigenvalue weighted by Gasteiger charge is -2.42. The van der Waals surface area contributed by atoms with Crippen molar-refractivity contribution in [1.82, 2.24) is 0 Å². The van der Waals surface area contributed by atoms with E-state index in [9.17, 15) is 30.6 Å². The number of nitrogens with two attached hydrogens (primary N) is 3. The van der Waals surface area contributed by atoms with Gasteiger partial charge in [-0.2, -0.15) is 0 Å². The van der Waals surface area contributed by atoms with Crippen LogP contribution in [-0.4, -0.2) is 117 Å². The number of aliphatic hydroxyl groups is 6. The second-order valence-electron chi connectivity index (χ2n) is 7.76. The van der Waals surface area contributed by atoms with Crippen LogP contribution in [0.2, 0.25) is 0 Å². The Labute approximate surface area is 172 Å². The predicted molar refractivity (Wildman–Crippen MR) is 98.1 cm³/mol. The van der Waals surface area contributed by atoms with Crippen LogP contribution in [0.3, 0.4) is 0 Å². The van der Waals surface area contributed by atoms with Crippen molar-refractivity contribution in [2.75, 3.05) is 13.2 Å². The van der Waals surface area contributed by atoms with Gasteiger partial charge in [0.15, 0.2) is 6.29 Å². The molecule has 0 bridgehead atoms. The highest BCUT2D eigenvalue weighted by Crippen LogP contribution is 2.30. The van der Waals surface area contributed by atoms with Crippen molar-refractivity contribution in [3.63, 3.8) is 0 Å². The van der Waals surface area contributed by atoms with Crippen LogP contribution in [0.15, 0.2) is 11.8 Å². The normalized spacial score (nSPS) is 49.7. The van der Waals surface area contributed by atoms with E-state index in [0.29, 0.717) is 0 Å². The van der Waals surface area contributed by atoms with Crippen LogP contribution in [0.5, 0.6) is 0 Å². The van der Waals surface area contributed by atoms with E-state index in [-0.39, 0.29) is 18.7 Å². The SMILES string of the molecule is NC[C@H]1O[C@@H](OC2=C[C@@H](O[C@@H]3C(N)C[C@@H](N)[C@@H](O)C3O)OC(CO)[C@H]2O)[C@@H](O)C1O. The first-order chi connectivity index (χ1) is 14.2. The fourth-order valence-electron chi connectivity index (χ4n) is 3.79. The highest BCUT2D eigenvalue weighted by molar-refractivity contribution is 5.10. The zero-order chi connectivity index (χ0) is 22.2. The van der Waals surface area contributed by atoms with Gasteiger partial charge < -0.3 is 66.8 Å². The molecule has 12 atom stereocenters. The molecule has 0 spiro atoms. The maximum Gasteiger partial charge on any atom is 0.228 e. The van der Waals surface area contributed by atoms with Crippen molar-refractivity contribution in [3.8, 4) is 0 Å². The Morgan fingerprint density at radius 1 is 0.933 bits per heavy atom. The van der Waals surface area contributed by atoms with Crippen LogP contribution in [0, 0.1) is 0 Å². The Morgan fingerprint density at radius 2 is 1.63 bits per heavy atom. The molecule has 174 valence electrons. The first-order valence-electron chi connectivity index (χ1n) is 9.75. The van der Waals surface area contributed by atoms with Gasteiger partial charge in [-0.1, -0.05) is 0 Å². The summed E-state index contributed by atoms with van der Waals surface area (Å²) in [5.41, 5.74) is 17.2. The third-order valence-corrected chi connectivity index (χ3v) is 5.62. The monoisotopic (exact) mass is 437 g/mol. The molecule has 3 rings (SSSR count). The molecule has 1 aliphatic carbocycles. The summed E-state index contributed by atoms with van der Waals surface area (Å²) < 4.78 is 22.0. The average Bonchev–Trinajstić information content (AvgIpc) is 2.99. The lowest BCUT2D eigenvalue weighted by Crippen LogP contribution is -2.63. The van der Waals surface area contributed by atoms with Crippen molar-refractivity contribution >= 4 is 0 Å². The molecule has 0 aromatic rings. The van der Waals surface area contributed by atoms with E-state index < -0.39 is 80.1 Å². The molecule has 0 aromatic heterocycles. The minimum atomic E-state index is -1.43. The Kier molecular flexibility index (Phi) is 7.66. The van der Waals surface area contributed by atoms with Crippen molar-refractivity contribution in [2.45, 2.75) is 79.9 Å². The third-order valence-electron chi connectivity index (χ3n) is 5.62. The summed E-state index contributed by atoms with van der Waals surface area (Å²) in [6, 6.07) is -1.42. The smallest absolute Gasteiger partial charge is 0.228 e. The van der Waals surface area contributed by atoms with E-state index in [1.54, 1.807) is 0 Å². The van der Waals surface area contributed by atoms with E-state index in [0.717, 1.165) is 0 Å². The topological polar surface area (TPSA) is 236 Å². The second-order valence-corrected chi connectivity index (χ2v) is 7.76. The standard InChI is InChI=1S/C17H31N3O10/c18-3-8-13(24)15(26)17(29-8)28-7-2-10(27-9(4-21)12(7)23)30-16-6(20)1-5(19)11(22)14(16)25/h2,5-6,8-17,21-26H,1,3-4,18-20H2/t5-,6?,8-,9?,10-,11-,12+,13?,14?,15+,16-,17-/m1/s1. The van der Waals surface area contributed by atoms with Gasteiger partial charge in [-0.15, -0.1) is 0 Å². The zero-order valence-electron chi connectivity index (χ0n) is 16.2. The molecule has 1 saturated heterocycles. The number of rotatable bonds is 6. The van der Waals surface area contributed by atoms with Gasteiger partial charge in [0.25, 0.3) is 0 Å². The van der Waals surface area contributed by atoms with E-state index in [4.69, 9.17) is 36.1 Å². The molecule has 0 aromatic carbocycles. The van der Waals surface area contributed by atoms with Gasteiger partial charge in [0, 0.05) is 24.7 Å². The fraction of sp³-hybridized carbons (Fsp3) is 0.882. The molecule has 2 aliphatic heterocycles. The van der Waals surface area contributed by atoms with Crippen molar-refractivity contribution < 1.29 is 49.6 Å². The summed E-state index contributed by atoms with van der Waals surface area (Å²) >= 11 is 0. The van der Waals surface area contributed by atoms with Gasteiger partial charge in [-0.25, -0.2) is 0 Å². The average molecular weight is 437 g/mol. The molecule has 13 nitrogen and oxygen atoms in total. The first-order valence-corrected chi connectivity index (χ1v) is 9.75. The fourth-order valence-corrected chi connectivity index (χ4v) is 3.79. The molecule has 2 heterocycles. The number of aliphatic hydroxyl groups excluding tert-OH is 6. The summed E-state index contributed by atoms with van der Waals surface area (Å²) in [7, 11) is 0. The summed E-state index contributed by atoms with van der Waals surface area (Å²) in [4.78, 5) is 0. The van der Waals surface area contributed by atoms with Crippen LogP contribution in [-0.2, 0) is 18.9 Å². The molecule has 0 radical (unpaired) electrons. The number of ether oxygens (including phenoxy) is 4. The van der Waals surface area contributed by atoms with E-state index >= 15 is 0 Å². The van der Waals surface area contributed by atoms with Crippen LogP contribution < -0.4 is 17.2 Å². The van der Waals surface area contributed by atoms with Gasteiger partial charge in [-0.05, 0) is 6.42 Å². The molecule has 0 amide bonds. The summed E-state index contributed by atoms with van der Waals surface area (Å²) in [6.07, 6.45) is -11.0. The highest BCUT2D eigenvalue weighted by Gasteiger charge is 2.47. The van der Waals surface area contributed by atoms with Crippen molar-refractivity contribution in [1.29, 1.82) is 0 Å². The highest BCUT2D eigenvalue weighted by atomic mass is 16.7. The van der Waals surface area contributed by atoms with Gasteiger partial charge >= 0.3 is 0 Å². The Morgan fingerprint density at radius 3 is 2.23 bits per heavy atom. The molecule has 1 saturated carbocycles. The number of hydrogen-bond donors (Lipinski definition) is 9. The van der Waals surface area contributed by atoms with Crippen molar-refractivity contribution in [2.24, 2.45) is 17.2 Å². The molecular weight excluding hydrogens is 406 g/mol. The lowest BCUT2D eigenvalue weighted by atomic mass is 9.85. The van der Waals surface area contributed by atoms with Gasteiger partial charge in [0.05, 0.1) is 12.7 Å². The molecule has 30 heavy (non-hydrogen) atoms. The molecule has 12 N–H and O–H groups in total. The molecular formula is C17H31N3O10. The summed E-state index contributed by atoms with van der Waals surface area (Å²) in [5, 5.41) is 60.2. The predicted octanol–water partition coefficient (Wildman–Crippen LogP) is -5.46. The maximum atomic E-state index is 10.4. The molecule has 13 heteroatoms. The van der Waals surface area contributed by atoms with E-state index in [2.05, 4.69) is 0 Å². The van der Waals surface area contributed by atoms with Gasteiger partial charge in [0.2, 0.25) is 6.29 Å². The quantitative estimate of drug-likeness (QED) is 0.189. The van der Waals surface area contributed by atoms with E-state index in [1.807, 2.05) is 0 Å². The summed E-state index contributed by atoms with van der Waals surface area (Å²) in [6.45, 7) is -0.660. The zero-order valence-corrected chi connectivity index (χ0v) is 16.2. The largest absolute Gasteiger partial charge is 0.464 e. The molecule has 2 fully saturated rings. The van der Waals surface area contributed by atoms with Gasteiger partial charge in [0.1, 0.15) is 48.5 Å². The molecule has 3 aliphatic rings. The second kappa shape index (κ2) is 9.68. The van der Waals surface area contributed by atoms with Crippen LogP contribution in [0.1, 0.15) is 6.42 Å². The van der Waals surface area contributed by atoms with E-state index in [1.165, 1.54) is 6.08 Å². The van der Waals surface area contributed by atoms with Crippen molar-refractivity contribution in [3.05, 3.63) is 11.8 Å². The Hall–Kier alpha value is -0.940. The van der Waals surface area contributed by atoms with Crippen LogP contribution >= 0.6 is 0 Å². The van der Waals surface area contributed by atoms with Gasteiger partial charge in [-0.3, -0.25) is 0 Å². The Bertz CT molecular complexity index is 612. The van der Waals surface area contributed by atoms with Crippen LogP contribution in [0.25, 0.3) is 0 Å². The molecule has 4 unspecified atom stereocenters. The lowest BCUT2D eigenvalue weighted by molar-refractivity contribution is -0.244. The first kappa shape index (κ1) is 23.7. The maximum absolute atomic E-state index is 10.4. The Balaban J connectivity index is 1.74. The third kappa shape index (κ3) is 4.62. The minimum absolute atomic E-state index is 0.0598.